The van der Waals surface area contributed by atoms with Crippen LogP contribution in [0.25, 0.3) is 17.0 Å². The maximum atomic E-state index is 13.6. The Hall–Kier alpha value is -3.74. The molecule has 35 heavy (non-hydrogen) atoms. The zero-order valence-electron chi connectivity index (χ0n) is 19.2. The minimum absolute atomic E-state index is 0.0271. The molecule has 7 heteroatoms. The van der Waals surface area contributed by atoms with Gasteiger partial charge in [-0.1, -0.05) is 65.7 Å². The molecule has 0 aliphatic carbocycles. The molecule has 4 aromatic rings. The van der Waals surface area contributed by atoms with Crippen molar-refractivity contribution in [3.8, 4) is 0 Å². The summed E-state index contributed by atoms with van der Waals surface area (Å²) in [5, 5.41) is 4.37. The summed E-state index contributed by atoms with van der Waals surface area (Å²) in [6.07, 6.45) is 3.58. The highest BCUT2D eigenvalue weighted by Crippen LogP contribution is 2.29. The van der Waals surface area contributed by atoms with Gasteiger partial charge in [0.2, 0.25) is 0 Å². The SMILES string of the molecule is Cc1ccc(N2C(=O)/C(=C/c3cn(Cc4ccccc4Cl)c4ccccc34)C(=O)NC2=S)c(C)c1. The molecule has 3 aromatic carbocycles. The van der Waals surface area contributed by atoms with E-state index in [0.717, 1.165) is 33.2 Å². The molecule has 5 rings (SSSR count). The summed E-state index contributed by atoms with van der Waals surface area (Å²) < 4.78 is 2.07. The number of carbonyl (C=O) groups is 2. The summed E-state index contributed by atoms with van der Waals surface area (Å²) in [5.74, 6) is -0.961. The zero-order valence-corrected chi connectivity index (χ0v) is 20.8. The Morgan fingerprint density at radius 2 is 1.74 bits per heavy atom. The van der Waals surface area contributed by atoms with Crippen LogP contribution in [0.4, 0.5) is 5.69 Å². The van der Waals surface area contributed by atoms with E-state index in [9.17, 15) is 9.59 Å². The lowest BCUT2D eigenvalue weighted by molar-refractivity contribution is -0.122. The van der Waals surface area contributed by atoms with E-state index in [-0.39, 0.29) is 10.7 Å². The van der Waals surface area contributed by atoms with Crippen LogP contribution < -0.4 is 10.2 Å². The molecule has 5 nitrogen and oxygen atoms in total. The van der Waals surface area contributed by atoms with Crippen molar-refractivity contribution in [1.29, 1.82) is 0 Å². The van der Waals surface area contributed by atoms with Gasteiger partial charge in [0.05, 0.1) is 5.69 Å². The van der Waals surface area contributed by atoms with Crippen LogP contribution >= 0.6 is 23.8 Å². The van der Waals surface area contributed by atoms with Crippen molar-refractivity contribution in [2.75, 3.05) is 4.90 Å². The van der Waals surface area contributed by atoms with E-state index in [1.165, 1.54) is 4.90 Å². The number of fused-ring (bicyclic) bond motifs is 1. The third-order valence-corrected chi connectivity index (χ3v) is 6.77. The summed E-state index contributed by atoms with van der Waals surface area (Å²) >= 11 is 11.8. The molecular formula is C28H22ClN3O2S. The molecule has 0 unspecified atom stereocenters. The third-order valence-electron chi connectivity index (χ3n) is 6.11. The van der Waals surface area contributed by atoms with Crippen molar-refractivity contribution in [1.82, 2.24) is 9.88 Å². The van der Waals surface area contributed by atoms with Gasteiger partial charge in [0.1, 0.15) is 5.57 Å². The first kappa shape index (κ1) is 23.0. The molecule has 0 saturated carbocycles. The Kier molecular flexibility index (Phi) is 6.01. The molecule has 1 aliphatic heterocycles. The molecular weight excluding hydrogens is 478 g/mol. The standard InChI is InChI=1S/C28H22ClN3O2S/c1-17-11-12-24(18(2)13-17)32-27(34)22(26(33)30-28(32)35)14-20-16-31(25-10-6-4-8-21(20)25)15-19-7-3-5-9-23(19)29/h3-14,16H,15H2,1-2H3,(H,30,33,35)/b22-14+. The van der Waals surface area contributed by atoms with E-state index in [0.29, 0.717) is 17.3 Å². The van der Waals surface area contributed by atoms with E-state index in [4.69, 9.17) is 23.8 Å². The van der Waals surface area contributed by atoms with Crippen LogP contribution in [0.1, 0.15) is 22.3 Å². The lowest BCUT2D eigenvalue weighted by atomic mass is 10.0. The van der Waals surface area contributed by atoms with Crippen LogP contribution in [0.3, 0.4) is 0 Å². The van der Waals surface area contributed by atoms with Crippen LogP contribution in [0, 0.1) is 13.8 Å². The van der Waals surface area contributed by atoms with Crippen molar-refractivity contribution < 1.29 is 9.59 Å². The lowest BCUT2D eigenvalue weighted by Crippen LogP contribution is -2.54. The van der Waals surface area contributed by atoms with E-state index in [2.05, 4.69) is 9.88 Å². The summed E-state index contributed by atoms with van der Waals surface area (Å²) in [4.78, 5) is 27.8. The summed E-state index contributed by atoms with van der Waals surface area (Å²) in [7, 11) is 0. The Morgan fingerprint density at radius 1 is 1.00 bits per heavy atom. The Balaban J connectivity index is 1.59. The van der Waals surface area contributed by atoms with Gasteiger partial charge in [0.15, 0.2) is 5.11 Å². The third kappa shape index (κ3) is 4.27. The predicted octanol–water partition coefficient (Wildman–Crippen LogP) is 5.79. The monoisotopic (exact) mass is 499 g/mol. The van der Waals surface area contributed by atoms with Crippen molar-refractivity contribution in [3.63, 3.8) is 0 Å². The minimum Gasteiger partial charge on any atom is -0.342 e. The topological polar surface area (TPSA) is 54.3 Å². The zero-order chi connectivity index (χ0) is 24.7. The van der Waals surface area contributed by atoms with Crippen molar-refractivity contribution >= 4 is 63.4 Å². The number of para-hydroxylation sites is 1. The number of nitrogens with one attached hydrogen (secondary N) is 1. The molecule has 0 bridgehead atoms. The van der Waals surface area contributed by atoms with Crippen molar-refractivity contribution in [3.05, 3.63) is 106 Å². The van der Waals surface area contributed by atoms with Crippen molar-refractivity contribution in [2.24, 2.45) is 0 Å². The first-order chi connectivity index (χ1) is 16.8. The van der Waals surface area contributed by atoms with Crippen LogP contribution in [-0.4, -0.2) is 21.5 Å². The van der Waals surface area contributed by atoms with Gasteiger partial charge in [-0.15, -0.1) is 0 Å². The average Bonchev–Trinajstić information content (AvgIpc) is 3.17. The van der Waals surface area contributed by atoms with Gasteiger partial charge in [-0.2, -0.15) is 0 Å². The molecule has 174 valence electrons. The molecule has 2 heterocycles. The normalized spacial score (nSPS) is 15.2. The van der Waals surface area contributed by atoms with E-state index in [1.807, 2.05) is 86.8 Å². The van der Waals surface area contributed by atoms with Gasteiger partial charge in [0, 0.05) is 34.2 Å². The van der Waals surface area contributed by atoms with Gasteiger partial charge < -0.3 is 4.57 Å². The van der Waals surface area contributed by atoms with E-state index >= 15 is 0 Å². The number of rotatable bonds is 4. The predicted molar refractivity (Wildman–Crippen MR) is 145 cm³/mol. The molecule has 1 aliphatic rings. The second-order valence-electron chi connectivity index (χ2n) is 8.57. The van der Waals surface area contributed by atoms with Crippen molar-refractivity contribution in [2.45, 2.75) is 20.4 Å². The Bertz CT molecular complexity index is 1550. The Morgan fingerprint density at radius 3 is 2.51 bits per heavy atom. The first-order valence-electron chi connectivity index (χ1n) is 11.1. The van der Waals surface area contributed by atoms with Gasteiger partial charge in [-0.25, -0.2) is 0 Å². The number of halogens is 1. The number of anilines is 1. The number of thiocarbonyl (C=S) groups is 1. The van der Waals surface area contributed by atoms with E-state index < -0.39 is 11.8 Å². The summed E-state index contributed by atoms with van der Waals surface area (Å²) in [6.45, 7) is 4.46. The van der Waals surface area contributed by atoms with Crippen LogP contribution in [0.2, 0.25) is 5.02 Å². The van der Waals surface area contributed by atoms with Gasteiger partial charge in [-0.3, -0.25) is 19.8 Å². The maximum absolute atomic E-state index is 13.6. The Labute approximate surface area is 213 Å². The molecule has 0 atom stereocenters. The molecule has 2 amide bonds. The van der Waals surface area contributed by atoms with Crippen LogP contribution in [0.15, 0.2) is 78.5 Å². The second-order valence-corrected chi connectivity index (χ2v) is 9.36. The second kappa shape index (κ2) is 9.13. The molecule has 0 radical (unpaired) electrons. The molecule has 1 N–H and O–H groups in total. The number of aromatic nitrogens is 1. The summed E-state index contributed by atoms with van der Waals surface area (Å²) in [5.41, 5.74) is 5.37. The summed E-state index contributed by atoms with van der Waals surface area (Å²) in [6, 6.07) is 21.3. The molecule has 1 saturated heterocycles. The number of aryl methyl sites for hydroxylation is 2. The minimum atomic E-state index is -0.510. The highest BCUT2D eigenvalue weighted by atomic mass is 35.5. The average molecular weight is 500 g/mol. The smallest absolute Gasteiger partial charge is 0.270 e. The maximum Gasteiger partial charge on any atom is 0.270 e. The molecule has 1 aromatic heterocycles. The molecule has 1 fully saturated rings. The fraction of sp³-hybridized carbons (Fsp3) is 0.107. The quantitative estimate of drug-likeness (QED) is 0.219. The first-order valence-corrected chi connectivity index (χ1v) is 11.9. The van der Waals surface area contributed by atoms with Crippen LogP contribution in [-0.2, 0) is 16.1 Å². The highest BCUT2D eigenvalue weighted by molar-refractivity contribution is 7.80. The highest BCUT2D eigenvalue weighted by Gasteiger charge is 2.35. The number of benzene rings is 3. The number of amides is 2. The number of nitrogens with zero attached hydrogens (tertiary/aromatic N) is 2. The lowest BCUT2D eigenvalue weighted by Gasteiger charge is -2.30. The number of hydrogen-bond acceptors (Lipinski definition) is 3. The number of carbonyl (C=O) groups excluding carboxylic acids is 2. The van der Waals surface area contributed by atoms with Gasteiger partial charge >= 0.3 is 0 Å². The van der Waals surface area contributed by atoms with Gasteiger partial charge in [0.25, 0.3) is 11.8 Å². The fourth-order valence-electron chi connectivity index (χ4n) is 4.42. The van der Waals surface area contributed by atoms with E-state index in [1.54, 1.807) is 6.08 Å². The van der Waals surface area contributed by atoms with Gasteiger partial charge in [-0.05, 0) is 61.5 Å². The largest absolute Gasteiger partial charge is 0.342 e. The van der Waals surface area contributed by atoms with Crippen LogP contribution in [0.5, 0.6) is 0 Å². The molecule has 0 spiro atoms. The number of hydrogen-bond donors (Lipinski definition) is 1. The fourth-order valence-corrected chi connectivity index (χ4v) is 4.89.